The summed E-state index contributed by atoms with van der Waals surface area (Å²) >= 11 is 6.68. The zero-order chi connectivity index (χ0) is 11.8. The Labute approximate surface area is 105 Å². The molecule has 0 saturated heterocycles. The summed E-state index contributed by atoms with van der Waals surface area (Å²) in [6, 6.07) is 0. The van der Waals surface area contributed by atoms with Crippen LogP contribution in [0.25, 0.3) is 0 Å². The zero-order valence-electron chi connectivity index (χ0n) is 9.24. The molecule has 0 unspecified atom stereocenters. The van der Waals surface area contributed by atoms with Crippen molar-refractivity contribution in [3.8, 4) is 11.2 Å². The molecule has 0 aliphatic carbocycles. The normalized spacial score (nSPS) is 8.08. The minimum absolute atomic E-state index is 0.354. The number of alkyl halides is 2. The van der Waals surface area contributed by atoms with Crippen LogP contribution in [0, 0.1) is 11.2 Å². The average Bonchev–Trinajstić information content (AvgIpc) is 2.06. The molecule has 0 nitrogen and oxygen atoms in total. The van der Waals surface area contributed by atoms with E-state index >= 15 is 0 Å². The van der Waals surface area contributed by atoms with Crippen LogP contribution in [-0.2, 0) is 0 Å². The number of hydrogen-bond donors (Lipinski definition) is 0. The summed E-state index contributed by atoms with van der Waals surface area (Å²) in [6.45, 7) is 3.16. The molecule has 0 radical (unpaired) electrons. The molecule has 72 valence electrons. The highest BCUT2D eigenvalue weighted by Gasteiger charge is 1.56. The van der Waals surface area contributed by atoms with Gasteiger partial charge in [0.1, 0.15) is 0 Å². The van der Waals surface area contributed by atoms with Crippen LogP contribution in [0.4, 0.5) is 4.32 Å². The lowest BCUT2D eigenvalue weighted by Crippen LogP contribution is -1.49. The molecule has 0 aliphatic heterocycles. The minimum Gasteiger partial charge on any atom is -0.342 e. The first kappa shape index (κ1) is 13.1. The van der Waals surface area contributed by atoms with Crippen molar-refractivity contribution in [3.05, 3.63) is 0 Å². The average molecular weight is 371 g/mol. The van der Waals surface area contributed by atoms with Crippen LogP contribution in [0.3, 0.4) is 0 Å². The smallest absolute Gasteiger partial charge is 0.328 e. The molecule has 0 aliphatic rings. The SMILES string of the molecule is BrCI.[3H]B(C)F.[3H]CSC#CCC. The Morgan fingerprint density at radius 3 is 2.58 bits per heavy atom. The lowest BCUT2D eigenvalue weighted by molar-refractivity contribution is 0.877. The van der Waals surface area contributed by atoms with Gasteiger partial charge < -0.3 is 4.32 Å². The van der Waals surface area contributed by atoms with Crippen LogP contribution >= 0.6 is 50.3 Å². The molecule has 0 heterocycles. The summed E-state index contributed by atoms with van der Waals surface area (Å²) in [5, 5.41) is 2.76. The monoisotopic (exact) mass is 370 g/mol. The molecule has 0 spiro atoms. The van der Waals surface area contributed by atoms with Gasteiger partial charge in [-0.3, -0.25) is 0 Å². The Hall–Kier alpha value is 1.11. The fourth-order valence-electron chi connectivity index (χ4n) is 0.123. The van der Waals surface area contributed by atoms with Gasteiger partial charge in [0.2, 0.25) is 0 Å². The van der Waals surface area contributed by atoms with E-state index in [4.69, 9.17) is 2.71 Å². The molecule has 12 heavy (non-hydrogen) atoms. The summed E-state index contributed by atoms with van der Waals surface area (Å²) in [5.74, 6) is 2.84. The van der Waals surface area contributed by atoms with Gasteiger partial charge in [-0.05, 0) is 11.5 Å². The minimum atomic E-state index is -1.42. The van der Waals surface area contributed by atoms with E-state index in [9.17, 15) is 4.32 Å². The molecule has 0 aromatic heterocycles. The van der Waals surface area contributed by atoms with Gasteiger partial charge in [0.15, 0.2) is 0 Å². The predicted octanol–water partition coefficient (Wildman–Crippen LogP) is 3.85. The van der Waals surface area contributed by atoms with E-state index in [0.29, 0.717) is 6.23 Å². The second-order valence-electron chi connectivity index (χ2n) is 1.10. The lowest BCUT2D eigenvalue weighted by atomic mass is 10.2. The van der Waals surface area contributed by atoms with Gasteiger partial charge in [-0.1, -0.05) is 69.9 Å². The summed E-state index contributed by atoms with van der Waals surface area (Å²) in [4.78, 5) is 0. The molecule has 0 fully saturated rings. The van der Waals surface area contributed by atoms with Crippen LogP contribution < -0.4 is 0 Å². The number of halogens is 3. The van der Waals surface area contributed by atoms with Crippen molar-refractivity contribution in [1.29, 1.82) is 1.34 Å². The first-order valence-corrected chi connectivity index (χ1v) is 6.77. The molecular formula is C7H14BBrFIS. The third-order valence-corrected chi connectivity index (χ3v) is 0.610. The van der Waals surface area contributed by atoms with Gasteiger partial charge in [0, 0.05) is 9.13 Å². The highest BCUT2D eigenvalue weighted by Crippen LogP contribution is 1.84. The van der Waals surface area contributed by atoms with Crippen LogP contribution in [0.2, 0.25) is 6.82 Å². The Bertz CT molecular complexity index is 141. The maximum atomic E-state index is 10.7. The van der Waals surface area contributed by atoms with Crippen LogP contribution in [0.5, 0.6) is 0 Å². The van der Waals surface area contributed by atoms with Crippen molar-refractivity contribution >= 4 is 57.8 Å². The topological polar surface area (TPSA) is 0 Å². The maximum Gasteiger partial charge on any atom is 0.328 e. The van der Waals surface area contributed by atoms with E-state index in [2.05, 4.69) is 49.7 Å². The Morgan fingerprint density at radius 2 is 2.33 bits per heavy atom. The summed E-state index contributed by atoms with van der Waals surface area (Å²) in [6.07, 6.45) is 1.25. The first-order chi connectivity index (χ1) is 6.56. The summed E-state index contributed by atoms with van der Waals surface area (Å²) < 4.78 is 24.3. The Morgan fingerprint density at radius 1 is 1.92 bits per heavy atom. The molecule has 0 aromatic carbocycles. The molecular weight excluding hydrogens is 353 g/mol. The van der Waals surface area contributed by atoms with Crippen molar-refractivity contribution in [2.75, 3.05) is 9.57 Å². The molecule has 0 rings (SSSR count). The number of thioether (sulfide) groups is 1. The Kier molecular flexibility index (Phi) is 32.3. The van der Waals surface area contributed by atoms with E-state index in [1.807, 2.05) is 6.92 Å². The van der Waals surface area contributed by atoms with Crippen molar-refractivity contribution in [2.24, 2.45) is 0 Å². The van der Waals surface area contributed by atoms with Crippen LogP contribution in [0.1, 0.15) is 14.7 Å². The van der Waals surface area contributed by atoms with E-state index in [0.717, 1.165) is 9.76 Å². The number of rotatable bonds is 0. The van der Waals surface area contributed by atoms with E-state index < -0.39 is 7.52 Å². The summed E-state index contributed by atoms with van der Waals surface area (Å²) in [7, 11) is -1.42. The molecule has 0 amide bonds. The quantitative estimate of drug-likeness (QED) is 0.270. The second-order valence-corrected chi connectivity index (χ2v) is 5.01. The van der Waals surface area contributed by atoms with Crippen LogP contribution in [-0.4, -0.2) is 18.4 Å². The third-order valence-electron chi connectivity index (χ3n) is 0.321. The van der Waals surface area contributed by atoms with Gasteiger partial charge >= 0.3 is 7.52 Å². The highest BCUT2D eigenvalue weighted by atomic mass is 127. The van der Waals surface area contributed by atoms with Gasteiger partial charge in [0.25, 0.3) is 0 Å². The fourth-order valence-corrected chi connectivity index (χ4v) is 0.370. The largest absolute Gasteiger partial charge is 0.342 e. The van der Waals surface area contributed by atoms with Crippen molar-refractivity contribution in [1.82, 2.24) is 0 Å². The summed E-state index contributed by atoms with van der Waals surface area (Å²) in [5.41, 5.74) is 0. The molecule has 0 N–H and O–H groups in total. The van der Waals surface area contributed by atoms with Crippen LogP contribution in [0.15, 0.2) is 0 Å². The fraction of sp³-hybridized carbons (Fsp3) is 0.714. The zero-order valence-corrected chi connectivity index (χ0v) is 11.8. The predicted molar refractivity (Wildman–Crippen MR) is 73.5 cm³/mol. The van der Waals surface area contributed by atoms with Gasteiger partial charge in [-0.25, -0.2) is 0 Å². The molecule has 0 bridgehead atoms. The maximum absolute atomic E-state index is 10.7. The van der Waals surface area contributed by atoms with E-state index in [-0.39, 0.29) is 0 Å². The molecule has 0 aromatic rings. The standard InChI is InChI=1S/C5H8S.CH4BF.CH2BrI/c1-3-4-5-6-2;1-2-3;2-1-3/h3H2,1-2H3;2H,1H3;1H2/i2*2T;. The van der Waals surface area contributed by atoms with E-state index in [1.165, 1.54) is 18.6 Å². The number of hydrogen-bond acceptors (Lipinski definition) is 1. The van der Waals surface area contributed by atoms with E-state index in [1.54, 1.807) is 0 Å². The van der Waals surface area contributed by atoms with Crippen molar-refractivity contribution < 1.29 is 5.69 Å². The molecule has 5 heteroatoms. The first-order valence-electron chi connectivity index (χ1n) is 4.42. The van der Waals surface area contributed by atoms with Gasteiger partial charge in [-0.2, -0.15) is 0 Å². The molecule has 0 saturated carbocycles. The van der Waals surface area contributed by atoms with Gasteiger partial charge in [-0.15, -0.1) is 0 Å². The van der Waals surface area contributed by atoms with Crippen molar-refractivity contribution in [2.45, 2.75) is 20.2 Å². The lowest BCUT2D eigenvalue weighted by Gasteiger charge is -1.65. The molecule has 0 atom stereocenters. The Balaban J connectivity index is -0.000000147. The van der Waals surface area contributed by atoms with Gasteiger partial charge in [0.05, 0.1) is 3.34 Å². The highest BCUT2D eigenvalue weighted by molar-refractivity contribution is 14.1. The second kappa shape index (κ2) is 29.6. The van der Waals surface area contributed by atoms with Crippen molar-refractivity contribution in [3.63, 3.8) is 0 Å². The third kappa shape index (κ3) is 67.2.